The van der Waals surface area contributed by atoms with Gasteiger partial charge >= 0.3 is 0 Å². The van der Waals surface area contributed by atoms with Crippen LogP contribution in [0.1, 0.15) is 17.7 Å². The molecule has 1 aromatic rings. The van der Waals surface area contributed by atoms with E-state index in [9.17, 15) is 0 Å². The van der Waals surface area contributed by atoms with Gasteiger partial charge < -0.3 is 10.1 Å². The van der Waals surface area contributed by atoms with Crippen molar-refractivity contribution in [2.75, 3.05) is 26.8 Å². The average Bonchev–Trinajstić information content (AvgIpc) is 2.72. The van der Waals surface area contributed by atoms with Crippen LogP contribution in [0.25, 0.3) is 0 Å². The van der Waals surface area contributed by atoms with Gasteiger partial charge in [0.05, 0.1) is 0 Å². The van der Waals surface area contributed by atoms with Crippen LogP contribution in [0.15, 0.2) is 17.5 Å². The van der Waals surface area contributed by atoms with Crippen molar-refractivity contribution in [1.29, 1.82) is 0 Å². The monoisotopic (exact) mass is 225 g/mol. The molecule has 3 heteroatoms. The van der Waals surface area contributed by atoms with Gasteiger partial charge in [-0.15, -0.1) is 11.3 Å². The molecule has 1 N–H and O–H groups in total. The molecule has 1 aromatic heterocycles. The second-order valence-electron chi connectivity index (χ2n) is 4.40. The minimum Gasteiger partial charge on any atom is -0.381 e. The predicted molar refractivity (Wildman–Crippen MR) is 64.4 cm³/mol. The minimum absolute atomic E-state index is 0.428. The Morgan fingerprint density at radius 1 is 1.47 bits per heavy atom. The van der Waals surface area contributed by atoms with E-state index in [0.717, 1.165) is 19.8 Å². The molecule has 2 nitrogen and oxygen atoms in total. The van der Waals surface area contributed by atoms with Crippen molar-refractivity contribution >= 4 is 11.3 Å². The van der Waals surface area contributed by atoms with Crippen molar-refractivity contribution in [1.82, 2.24) is 5.32 Å². The van der Waals surface area contributed by atoms with Gasteiger partial charge in [0.1, 0.15) is 0 Å². The van der Waals surface area contributed by atoms with Crippen molar-refractivity contribution in [3.63, 3.8) is 0 Å². The number of hydrogen-bond donors (Lipinski definition) is 1. The van der Waals surface area contributed by atoms with Crippen molar-refractivity contribution in [3.05, 3.63) is 22.4 Å². The van der Waals surface area contributed by atoms with Gasteiger partial charge in [0, 0.05) is 24.6 Å². The van der Waals surface area contributed by atoms with E-state index in [1.807, 2.05) is 18.4 Å². The van der Waals surface area contributed by atoms with Crippen LogP contribution in [0.3, 0.4) is 0 Å². The van der Waals surface area contributed by atoms with Gasteiger partial charge in [0.15, 0.2) is 0 Å². The van der Waals surface area contributed by atoms with Gasteiger partial charge in [0.25, 0.3) is 0 Å². The van der Waals surface area contributed by atoms with Gasteiger partial charge in [-0.2, -0.15) is 0 Å². The highest BCUT2D eigenvalue weighted by Crippen LogP contribution is 2.34. The standard InChI is InChI=1S/C12H19NOS/c1-13-10-12(4-6-14-7-5-12)9-11-3-2-8-15-11/h2-3,8,13H,4-7,9-10H2,1H3. The Morgan fingerprint density at radius 3 is 2.87 bits per heavy atom. The summed E-state index contributed by atoms with van der Waals surface area (Å²) in [5.74, 6) is 0. The first-order valence-electron chi connectivity index (χ1n) is 5.59. The second-order valence-corrected chi connectivity index (χ2v) is 5.43. The zero-order chi connectivity index (χ0) is 10.6. The van der Waals surface area contributed by atoms with Crippen LogP contribution in [0, 0.1) is 5.41 Å². The summed E-state index contributed by atoms with van der Waals surface area (Å²) < 4.78 is 5.47. The number of ether oxygens (including phenoxy) is 1. The lowest BCUT2D eigenvalue weighted by molar-refractivity contribution is 0.0162. The van der Waals surface area contributed by atoms with Crippen LogP contribution in [0.4, 0.5) is 0 Å². The zero-order valence-corrected chi connectivity index (χ0v) is 10.1. The molecule has 1 saturated heterocycles. The molecule has 0 unspecified atom stereocenters. The molecule has 0 aliphatic carbocycles. The Balaban J connectivity index is 2.04. The van der Waals surface area contributed by atoms with Crippen molar-refractivity contribution < 1.29 is 4.74 Å². The van der Waals surface area contributed by atoms with E-state index >= 15 is 0 Å². The average molecular weight is 225 g/mol. The maximum Gasteiger partial charge on any atom is 0.0471 e. The Kier molecular flexibility index (Phi) is 3.78. The van der Waals surface area contributed by atoms with Gasteiger partial charge in [-0.05, 0) is 43.2 Å². The summed E-state index contributed by atoms with van der Waals surface area (Å²) in [7, 11) is 2.05. The number of thiophene rings is 1. The van der Waals surface area contributed by atoms with Crippen molar-refractivity contribution in [2.24, 2.45) is 5.41 Å². The molecule has 15 heavy (non-hydrogen) atoms. The van der Waals surface area contributed by atoms with Gasteiger partial charge in [-0.25, -0.2) is 0 Å². The van der Waals surface area contributed by atoms with Crippen LogP contribution in [-0.2, 0) is 11.2 Å². The molecule has 0 radical (unpaired) electrons. The molecular weight excluding hydrogens is 206 g/mol. The smallest absolute Gasteiger partial charge is 0.0471 e. The zero-order valence-electron chi connectivity index (χ0n) is 9.29. The summed E-state index contributed by atoms with van der Waals surface area (Å²) in [6, 6.07) is 4.39. The molecule has 0 aromatic carbocycles. The predicted octanol–water partition coefficient (Wildman–Crippen LogP) is 2.31. The quantitative estimate of drug-likeness (QED) is 0.849. The molecular formula is C12H19NOS. The number of hydrogen-bond acceptors (Lipinski definition) is 3. The molecule has 2 rings (SSSR count). The number of nitrogens with one attached hydrogen (secondary N) is 1. The van der Waals surface area contributed by atoms with Crippen LogP contribution in [-0.4, -0.2) is 26.8 Å². The highest BCUT2D eigenvalue weighted by atomic mass is 32.1. The summed E-state index contributed by atoms with van der Waals surface area (Å²) in [5, 5.41) is 5.51. The van der Waals surface area contributed by atoms with E-state index in [0.29, 0.717) is 5.41 Å². The molecule has 0 saturated carbocycles. The summed E-state index contributed by atoms with van der Waals surface area (Å²) in [6.45, 7) is 2.95. The fourth-order valence-electron chi connectivity index (χ4n) is 2.38. The first-order chi connectivity index (χ1) is 7.35. The SMILES string of the molecule is CNCC1(Cc2cccs2)CCOCC1. The van der Waals surface area contributed by atoms with E-state index < -0.39 is 0 Å². The third-order valence-electron chi connectivity index (χ3n) is 3.23. The van der Waals surface area contributed by atoms with E-state index in [1.54, 1.807) is 0 Å². The number of rotatable bonds is 4. The van der Waals surface area contributed by atoms with E-state index in [2.05, 4.69) is 22.8 Å². The van der Waals surface area contributed by atoms with E-state index in [-0.39, 0.29) is 0 Å². The molecule has 0 bridgehead atoms. The van der Waals surface area contributed by atoms with Gasteiger partial charge in [0.2, 0.25) is 0 Å². The molecule has 1 aliphatic rings. The Labute approximate surface area is 95.6 Å². The lowest BCUT2D eigenvalue weighted by Gasteiger charge is -2.37. The van der Waals surface area contributed by atoms with Crippen LogP contribution in [0.2, 0.25) is 0 Å². The van der Waals surface area contributed by atoms with Crippen LogP contribution < -0.4 is 5.32 Å². The molecule has 1 fully saturated rings. The summed E-state index contributed by atoms with van der Waals surface area (Å²) in [4.78, 5) is 1.51. The summed E-state index contributed by atoms with van der Waals surface area (Å²) in [5.41, 5.74) is 0.428. The third-order valence-corrected chi connectivity index (χ3v) is 4.11. The highest BCUT2D eigenvalue weighted by Gasteiger charge is 2.32. The molecule has 1 aliphatic heterocycles. The molecule has 0 amide bonds. The van der Waals surface area contributed by atoms with E-state index in [1.165, 1.54) is 24.1 Å². The van der Waals surface area contributed by atoms with Gasteiger partial charge in [-0.3, -0.25) is 0 Å². The Morgan fingerprint density at radius 2 is 2.27 bits per heavy atom. The van der Waals surface area contributed by atoms with Crippen LogP contribution in [0.5, 0.6) is 0 Å². The molecule has 0 spiro atoms. The molecule has 2 heterocycles. The van der Waals surface area contributed by atoms with Gasteiger partial charge in [-0.1, -0.05) is 6.07 Å². The van der Waals surface area contributed by atoms with Crippen LogP contribution >= 0.6 is 11.3 Å². The van der Waals surface area contributed by atoms with Crippen molar-refractivity contribution in [3.8, 4) is 0 Å². The fourth-order valence-corrected chi connectivity index (χ4v) is 3.26. The summed E-state index contributed by atoms with van der Waals surface area (Å²) in [6.07, 6.45) is 3.58. The lowest BCUT2D eigenvalue weighted by atomic mass is 9.77. The first-order valence-corrected chi connectivity index (χ1v) is 6.47. The normalized spacial score (nSPS) is 20.3. The van der Waals surface area contributed by atoms with Crippen molar-refractivity contribution in [2.45, 2.75) is 19.3 Å². The first kappa shape index (κ1) is 11.1. The molecule has 0 atom stereocenters. The second kappa shape index (κ2) is 5.10. The maximum atomic E-state index is 5.47. The maximum absolute atomic E-state index is 5.47. The topological polar surface area (TPSA) is 21.3 Å². The summed E-state index contributed by atoms with van der Waals surface area (Å²) >= 11 is 1.87. The minimum atomic E-state index is 0.428. The Hall–Kier alpha value is -0.380. The highest BCUT2D eigenvalue weighted by molar-refractivity contribution is 7.09. The molecule has 84 valence electrons. The fraction of sp³-hybridized carbons (Fsp3) is 0.667. The third kappa shape index (κ3) is 2.80. The lowest BCUT2D eigenvalue weighted by Crippen LogP contribution is -2.39. The van der Waals surface area contributed by atoms with E-state index in [4.69, 9.17) is 4.74 Å². The largest absolute Gasteiger partial charge is 0.381 e. The Bertz CT molecular complexity index is 272.